The predicted octanol–water partition coefficient (Wildman–Crippen LogP) is 3.62. The van der Waals surface area contributed by atoms with Crippen LogP contribution >= 0.6 is 0 Å². The van der Waals surface area contributed by atoms with Crippen LogP contribution in [0.4, 0.5) is 26.2 Å². The van der Waals surface area contributed by atoms with Crippen LogP contribution in [0, 0.1) is 21.8 Å². The van der Waals surface area contributed by atoms with Crippen LogP contribution in [0.25, 0.3) is 0 Å². The number of nitro groups is 1. The number of carbonyl (C=O) groups is 2. The molecular formula is C19H19FN4O4. The van der Waals surface area contributed by atoms with E-state index in [1.165, 1.54) is 6.07 Å². The first-order valence-electron chi connectivity index (χ1n) is 8.80. The maximum Gasteiger partial charge on any atom is 0.321 e. The summed E-state index contributed by atoms with van der Waals surface area (Å²) in [6.07, 6.45) is 1.24. The van der Waals surface area contributed by atoms with Crippen molar-refractivity contribution in [2.75, 3.05) is 23.7 Å². The second kappa shape index (κ2) is 8.47. The Morgan fingerprint density at radius 2 is 1.86 bits per heavy atom. The van der Waals surface area contributed by atoms with E-state index in [1.807, 2.05) is 18.2 Å². The number of hydrogen-bond acceptors (Lipinski definition) is 4. The Labute approximate surface area is 160 Å². The van der Waals surface area contributed by atoms with Gasteiger partial charge in [-0.2, -0.15) is 4.39 Å². The highest BCUT2D eigenvalue weighted by Gasteiger charge is 2.29. The molecule has 146 valence electrons. The molecule has 0 radical (unpaired) electrons. The first-order chi connectivity index (χ1) is 13.4. The molecule has 1 saturated heterocycles. The van der Waals surface area contributed by atoms with Crippen LogP contribution in [0.5, 0.6) is 0 Å². The normalized spacial score (nSPS) is 16.3. The number of benzene rings is 2. The lowest BCUT2D eigenvalue weighted by Gasteiger charge is -2.32. The number of carbonyl (C=O) groups excluding carboxylic acids is 2. The fourth-order valence-corrected chi connectivity index (χ4v) is 3.07. The van der Waals surface area contributed by atoms with Crippen molar-refractivity contribution in [3.63, 3.8) is 0 Å². The van der Waals surface area contributed by atoms with Crippen LogP contribution in [-0.4, -0.2) is 34.9 Å². The van der Waals surface area contributed by atoms with E-state index >= 15 is 0 Å². The molecule has 0 aliphatic carbocycles. The molecule has 2 aromatic carbocycles. The highest BCUT2D eigenvalue weighted by atomic mass is 19.1. The van der Waals surface area contributed by atoms with Crippen molar-refractivity contribution in [2.45, 2.75) is 12.8 Å². The van der Waals surface area contributed by atoms with Gasteiger partial charge < -0.3 is 15.5 Å². The Morgan fingerprint density at radius 3 is 2.57 bits per heavy atom. The van der Waals surface area contributed by atoms with Gasteiger partial charge in [0.15, 0.2) is 0 Å². The van der Waals surface area contributed by atoms with Crippen molar-refractivity contribution in [1.82, 2.24) is 4.90 Å². The summed E-state index contributed by atoms with van der Waals surface area (Å²) in [4.78, 5) is 36.5. The number of para-hydroxylation sites is 1. The second-order valence-corrected chi connectivity index (χ2v) is 6.49. The molecule has 0 spiro atoms. The minimum Gasteiger partial charge on any atom is -0.326 e. The fraction of sp³-hybridized carbons (Fsp3) is 0.263. The molecule has 0 aromatic heterocycles. The molecular weight excluding hydrogens is 367 g/mol. The molecule has 1 aliphatic heterocycles. The molecule has 1 fully saturated rings. The standard InChI is InChI=1S/C19H19FN4O4/c20-16-9-8-15(11-17(16)24(27)28)21-18(25)13-5-4-10-23(12-13)19(26)22-14-6-2-1-3-7-14/h1-3,6-9,11,13H,4-5,10,12H2,(H,21,25)(H,22,26). The molecule has 28 heavy (non-hydrogen) atoms. The van der Waals surface area contributed by atoms with Crippen molar-refractivity contribution in [3.05, 3.63) is 64.5 Å². The molecule has 1 heterocycles. The first kappa shape index (κ1) is 19.3. The van der Waals surface area contributed by atoms with E-state index in [1.54, 1.807) is 17.0 Å². The van der Waals surface area contributed by atoms with Gasteiger partial charge in [-0.1, -0.05) is 18.2 Å². The third-order valence-electron chi connectivity index (χ3n) is 4.51. The average molecular weight is 386 g/mol. The maximum absolute atomic E-state index is 13.4. The molecule has 0 saturated carbocycles. The van der Waals surface area contributed by atoms with E-state index in [2.05, 4.69) is 10.6 Å². The maximum atomic E-state index is 13.4. The number of halogens is 1. The highest BCUT2D eigenvalue weighted by Crippen LogP contribution is 2.24. The van der Waals surface area contributed by atoms with E-state index in [4.69, 9.17) is 0 Å². The summed E-state index contributed by atoms with van der Waals surface area (Å²) in [5.74, 6) is -1.79. The van der Waals surface area contributed by atoms with Gasteiger partial charge in [-0.05, 0) is 37.1 Å². The fourth-order valence-electron chi connectivity index (χ4n) is 3.07. The summed E-state index contributed by atoms with van der Waals surface area (Å²) in [5.41, 5.74) is 0.104. The summed E-state index contributed by atoms with van der Waals surface area (Å²) in [6, 6.07) is 11.9. The number of urea groups is 1. The molecule has 9 heteroatoms. The second-order valence-electron chi connectivity index (χ2n) is 6.49. The van der Waals surface area contributed by atoms with Crippen LogP contribution in [0.2, 0.25) is 0 Å². The summed E-state index contributed by atoms with van der Waals surface area (Å²) < 4.78 is 13.4. The van der Waals surface area contributed by atoms with Crippen molar-refractivity contribution in [1.29, 1.82) is 0 Å². The Balaban J connectivity index is 1.62. The van der Waals surface area contributed by atoms with Gasteiger partial charge in [0.2, 0.25) is 11.7 Å². The van der Waals surface area contributed by atoms with Crippen molar-refractivity contribution < 1.29 is 18.9 Å². The molecule has 3 amide bonds. The molecule has 1 atom stereocenters. The van der Waals surface area contributed by atoms with Crippen LogP contribution < -0.4 is 10.6 Å². The molecule has 1 aliphatic rings. The number of hydrogen-bond donors (Lipinski definition) is 2. The zero-order valence-corrected chi connectivity index (χ0v) is 14.9. The molecule has 3 rings (SSSR count). The molecule has 2 aromatic rings. The molecule has 2 N–H and O–H groups in total. The van der Waals surface area contributed by atoms with E-state index in [0.29, 0.717) is 25.1 Å². The summed E-state index contributed by atoms with van der Waals surface area (Å²) in [7, 11) is 0. The monoisotopic (exact) mass is 386 g/mol. The Bertz CT molecular complexity index is 891. The number of nitro benzene ring substituents is 1. The lowest BCUT2D eigenvalue weighted by Crippen LogP contribution is -2.45. The van der Waals surface area contributed by atoms with Gasteiger partial charge in [-0.15, -0.1) is 0 Å². The molecule has 1 unspecified atom stereocenters. The van der Waals surface area contributed by atoms with Gasteiger partial charge >= 0.3 is 11.7 Å². The quantitative estimate of drug-likeness (QED) is 0.618. The topological polar surface area (TPSA) is 105 Å². The third-order valence-corrected chi connectivity index (χ3v) is 4.51. The third kappa shape index (κ3) is 4.61. The van der Waals surface area contributed by atoms with Gasteiger partial charge in [0.05, 0.1) is 10.8 Å². The summed E-state index contributed by atoms with van der Waals surface area (Å²) >= 11 is 0. The average Bonchev–Trinajstić information content (AvgIpc) is 2.70. The van der Waals surface area contributed by atoms with E-state index in [9.17, 15) is 24.1 Å². The van der Waals surface area contributed by atoms with Gasteiger partial charge in [-0.25, -0.2) is 4.79 Å². The Kier molecular flexibility index (Phi) is 5.83. The number of anilines is 2. The SMILES string of the molecule is O=C(Nc1ccc(F)c([N+](=O)[O-])c1)C1CCCN(C(=O)Nc2ccccc2)C1. The van der Waals surface area contributed by atoms with Crippen molar-refractivity contribution in [3.8, 4) is 0 Å². The lowest BCUT2D eigenvalue weighted by atomic mass is 9.97. The number of likely N-dealkylation sites (tertiary alicyclic amines) is 1. The summed E-state index contributed by atoms with van der Waals surface area (Å²) in [5, 5.41) is 16.2. The van der Waals surface area contributed by atoms with Gasteiger partial charge in [-0.3, -0.25) is 14.9 Å². The zero-order chi connectivity index (χ0) is 20.1. The zero-order valence-electron chi connectivity index (χ0n) is 14.9. The number of rotatable bonds is 4. The van der Waals surface area contributed by atoms with Gasteiger partial charge in [0.1, 0.15) is 0 Å². The van der Waals surface area contributed by atoms with Crippen molar-refractivity contribution in [2.24, 2.45) is 5.92 Å². The number of nitrogens with one attached hydrogen (secondary N) is 2. The van der Waals surface area contributed by atoms with Crippen LogP contribution in [0.1, 0.15) is 12.8 Å². The molecule has 8 nitrogen and oxygen atoms in total. The number of piperidine rings is 1. The first-order valence-corrected chi connectivity index (χ1v) is 8.80. The molecule has 0 bridgehead atoms. The lowest BCUT2D eigenvalue weighted by molar-refractivity contribution is -0.387. The largest absolute Gasteiger partial charge is 0.326 e. The van der Waals surface area contributed by atoms with Crippen LogP contribution in [0.15, 0.2) is 48.5 Å². The van der Waals surface area contributed by atoms with Gasteiger partial charge in [0, 0.05) is 30.5 Å². The van der Waals surface area contributed by atoms with Crippen LogP contribution in [-0.2, 0) is 4.79 Å². The predicted molar refractivity (Wildman–Crippen MR) is 101 cm³/mol. The van der Waals surface area contributed by atoms with E-state index in [-0.39, 0.29) is 24.2 Å². The minimum absolute atomic E-state index is 0.143. The Morgan fingerprint density at radius 1 is 1.11 bits per heavy atom. The number of nitrogens with zero attached hydrogens (tertiary/aromatic N) is 2. The van der Waals surface area contributed by atoms with Crippen LogP contribution in [0.3, 0.4) is 0 Å². The smallest absolute Gasteiger partial charge is 0.321 e. The van der Waals surface area contributed by atoms with Crippen molar-refractivity contribution >= 4 is 29.0 Å². The van der Waals surface area contributed by atoms with Gasteiger partial charge in [0.25, 0.3) is 0 Å². The minimum atomic E-state index is -0.968. The highest BCUT2D eigenvalue weighted by molar-refractivity contribution is 5.94. The van der Waals surface area contributed by atoms with E-state index in [0.717, 1.165) is 12.1 Å². The number of amides is 3. The van der Waals surface area contributed by atoms with E-state index < -0.39 is 22.3 Å². The summed E-state index contributed by atoms with van der Waals surface area (Å²) in [6.45, 7) is 0.762. The Hall–Kier alpha value is -3.49.